The molecule has 0 bridgehead atoms. The second-order valence-electron chi connectivity index (χ2n) is 11.8. The Kier molecular flexibility index (Phi) is 8.36. The molecule has 3 aliphatic rings. The number of thiocarbonyl (C=S) groups is 1. The lowest BCUT2D eigenvalue weighted by Gasteiger charge is -2.32. The predicted octanol–water partition coefficient (Wildman–Crippen LogP) is 4.27. The average Bonchev–Trinajstić information content (AvgIpc) is 3.51. The molecule has 43 heavy (non-hydrogen) atoms. The maximum atomic E-state index is 13.9. The highest BCUT2D eigenvalue weighted by atomic mass is 32.1. The molecule has 2 N–H and O–H groups in total. The number of benzene rings is 2. The zero-order valence-corrected chi connectivity index (χ0v) is 26.0. The van der Waals surface area contributed by atoms with Gasteiger partial charge in [0.1, 0.15) is 10.8 Å². The molecule has 2 saturated heterocycles. The molecule has 0 saturated carbocycles. The summed E-state index contributed by atoms with van der Waals surface area (Å²) >= 11 is 5.92. The van der Waals surface area contributed by atoms with Crippen LogP contribution in [0.15, 0.2) is 48.7 Å². The van der Waals surface area contributed by atoms with Crippen molar-refractivity contribution >= 4 is 46.3 Å². The normalized spacial score (nSPS) is 18.8. The van der Waals surface area contributed by atoms with Crippen LogP contribution >= 0.6 is 12.2 Å². The van der Waals surface area contributed by atoms with Crippen molar-refractivity contribution in [3.8, 4) is 0 Å². The molecular formula is C32H40N8O2S. The van der Waals surface area contributed by atoms with E-state index in [9.17, 15) is 9.59 Å². The van der Waals surface area contributed by atoms with E-state index < -0.39 is 0 Å². The first-order valence-corrected chi connectivity index (χ1v) is 15.5. The fraction of sp³-hybridized carbons (Fsp3) is 0.438. The molecule has 0 unspecified atom stereocenters. The van der Waals surface area contributed by atoms with Crippen molar-refractivity contribution in [2.45, 2.75) is 45.3 Å². The van der Waals surface area contributed by atoms with Gasteiger partial charge in [0.15, 0.2) is 0 Å². The van der Waals surface area contributed by atoms with Gasteiger partial charge in [-0.05, 0) is 75.2 Å². The van der Waals surface area contributed by atoms with Crippen LogP contribution in [0.25, 0.3) is 0 Å². The number of likely N-dealkylation sites (N-methyl/N-ethyl adjacent to an activating group) is 1. The van der Waals surface area contributed by atoms with E-state index in [2.05, 4.69) is 32.6 Å². The van der Waals surface area contributed by atoms with E-state index in [1.165, 1.54) is 0 Å². The highest BCUT2D eigenvalue weighted by Gasteiger charge is 2.34. The van der Waals surface area contributed by atoms with Crippen molar-refractivity contribution in [2.75, 3.05) is 50.0 Å². The van der Waals surface area contributed by atoms with Crippen LogP contribution in [0.3, 0.4) is 0 Å². The lowest BCUT2D eigenvalue weighted by atomic mass is 10.0. The largest absolute Gasteiger partial charge is 0.363 e. The molecule has 2 aromatic carbocycles. The summed E-state index contributed by atoms with van der Waals surface area (Å²) in [6.45, 7) is 7.42. The predicted molar refractivity (Wildman–Crippen MR) is 173 cm³/mol. The third kappa shape index (κ3) is 5.96. The van der Waals surface area contributed by atoms with Crippen LogP contribution < -0.4 is 15.5 Å². The molecule has 3 amide bonds. The summed E-state index contributed by atoms with van der Waals surface area (Å²) in [6.07, 6.45) is 4.75. The Morgan fingerprint density at radius 3 is 2.72 bits per heavy atom. The molecule has 1 aromatic heterocycles. The van der Waals surface area contributed by atoms with Gasteiger partial charge in [-0.1, -0.05) is 30.4 Å². The smallest absolute Gasteiger partial charge is 0.318 e. The van der Waals surface area contributed by atoms with E-state index in [1.54, 1.807) is 15.8 Å². The van der Waals surface area contributed by atoms with Gasteiger partial charge >= 0.3 is 6.03 Å². The molecule has 3 aliphatic heterocycles. The number of aromatic nitrogens is 2. The molecular weight excluding hydrogens is 560 g/mol. The number of para-hydroxylation sites is 2. The summed E-state index contributed by atoms with van der Waals surface area (Å²) in [4.78, 5) is 36.4. The Morgan fingerprint density at radius 2 is 1.88 bits per heavy atom. The van der Waals surface area contributed by atoms with Crippen LogP contribution in [-0.2, 0) is 20.1 Å². The lowest BCUT2D eigenvalue weighted by molar-refractivity contribution is 0.0985. The zero-order chi connectivity index (χ0) is 30.1. The summed E-state index contributed by atoms with van der Waals surface area (Å²) in [5, 5.41) is 10.9. The van der Waals surface area contributed by atoms with Gasteiger partial charge in [0.2, 0.25) is 0 Å². The molecule has 4 heterocycles. The van der Waals surface area contributed by atoms with Gasteiger partial charge in [0, 0.05) is 50.9 Å². The van der Waals surface area contributed by atoms with Crippen molar-refractivity contribution < 1.29 is 9.59 Å². The third-order valence-corrected chi connectivity index (χ3v) is 9.42. The Balaban J connectivity index is 1.12. The Labute approximate surface area is 258 Å². The molecule has 0 spiro atoms. The Bertz CT molecular complexity index is 1540. The molecule has 10 nitrogen and oxygen atoms in total. The lowest BCUT2D eigenvalue weighted by Crippen LogP contribution is -2.50. The minimum atomic E-state index is -0.0858. The number of fused-ring (bicyclic) bond motifs is 2. The summed E-state index contributed by atoms with van der Waals surface area (Å²) in [6, 6.07) is 13.4. The topological polar surface area (TPSA) is 89.0 Å². The number of anilines is 3. The number of hydrogen-bond donors (Lipinski definition) is 2. The summed E-state index contributed by atoms with van der Waals surface area (Å²) in [7, 11) is 4.04. The first kappa shape index (κ1) is 29.1. The highest BCUT2D eigenvalue weighted by molar-refractivity contribution is 7.80. The number of nitrogens with zero attached hydrogens (tertiary/aromatic N) is 6. The SMILES string of the molecule is Cc1cc(C(=O)N2Cc3cnn(C)c3Nc3ccccc32)ccc1CNC(=O)N1CCC[C@H]1C(=S)N1CCCN(C)CC1. The van der Waals surface area contributed by atoms with E-state index in [-0.39, 0.29) is 18.0 Å². The van der Waals surface area contributed by atoms with Gasteiger partial charge < -0.3 is 30.2 Å². The number of hydrogen-bond acceptors (Lipinski definition) is 6. The van der Waals surface area contributed by atoms with Crippen LogP contribution in [0.1, 0.15) is 46.3 Å². The maximum Gasteiger partial charge on any atom is 0.318 e. The van der Waals surface area contributed by atoms with Crippen LogP contribution in [0.5, 0.6) is 0 Å². The summed E-state index contributed by atoms with van der Waals surface area (Å²) in [5.74, 6) is 0.794. The second-order valence-corrected chi connectivity index (χ2v) is 12.2. The van der Waals surface area contributed by atoms with Gasteiger partial charge in [-0.3, -0.25) is 9.48 Å². The standard InChI is InChI=1S/C32H40N8O2S/c1-22-18-23(30(41)40-21-25-20-34-37(3)29(25)35-26-8-4-5-9-27(26)40)11-12-24(22)19-33-32(42)39-15-6-10-28(39)31(43)38-14-7-13-36(2)16-17-38/h4-5,8-9,11-12,18,20,28,35H,6-7,10,13-17,19,21H2,1-3H3,(H,33,42)/t28-/m0/s1. The van der Waals surface area contributed by atoms with Gasteiger partial charge in [-0.15, -0.1) is 0 Å². The molecule has 0 radical (unpaired) electrons. The molecule has 0 aliphatic carbocycles. The van der Waals surface area contributed by atoms with Crippen LogP contribution in [-0.4, -0.2) is 87.2 Å². The summed E-state index contributed by atoms with van der Waals surface area (Å²) < 4.78 is 1.79. The molecule has 226 valence electrons. The quantitative estimate of drug-likeness (QED) is 0.433. The first-order valence-electron chi connectivity index (χ1n) is 15.1. The number of urea groups is 1. The molecule has 1 atom stereocenters. The number of amides is 3. The van der Waals surface area contributed by atoms with E-state index >= 15 is 0 Å². The molecule has 3 aromatic rings. The van der Waals surface area contributed by atoms with Crippen molar-refractivity contribution in [3.05, 3.63) is 70.9 Å². The Hall–Kier alpha value is -3.96. The van der Waals surface area contributed by atoms with Crippen molar-refractivity contribution in [3.63, 3.8) is 0 Å². The minimum absolute atomic E-state index is 0.0363. The number of rotatable bonds is 4. The number of carbonyl (C=O) groups excluding carboxylic acids is 2. The molecule has 11 heteroatoms. The fourth-order valence-electron chi connectivity index (χ4n) is 6.34. The van der Waals surface area contributed by atoms with E-state index in [0.717, 1.165) is 84.3 Å². The summed E-state index contributed by atoms with van der Waals surface area (Å²) in [5.41, 5.74) is 5.16. The Morgan fingerprint density at radius 1 is 1.05 bits per heavy atom. The van der Waals surface area contributed by atoms with Crippen molar-refractivity contribution in [1.82, 2.24) is 29.8 Å². The van der Waals surface area contributed by atoms with Crippen molar-refractivity contribution in [2.24, 2.45) is 7.05 Å². The molecule has 2 fully saturated rings. The third-order valence-electron chi connectivity index (χ3n) is 8.89. The van der Waals surface area contributed by atoms with Gasteiger partial charge in [-0.25, -0.2) is 4.79 Å². The number of likely N-dealkylation sites (tertiary alicyclic amines) is 1. The monoisotopic (exact) mass is 600 g/mol. The van der Waals surface area contributed by atoms with E-state index in [1.807, 2.05) is 61.3 Å². The second kappa shape index (κ2) is 12.3. The fourth-order valence-corrected chi connectivity index (χ4v) is 6.77. The average molecular weight is 601 g/mol. The van der Waals surface area contributed by atoms with Gasteiger partial charge in [0.05, 0.1) is 30.2 Å². The maximum absolute atomic E-state index is 13.9. The van der Waals surface area contributed by atoms with Crippen LogP contribution in [0.2, 0.25) is 0 Å². The van der Waals surface area contributed by atoms with E-state index in [0.29, 0.717) is 25.2 Å². The first-order chi connectivity index (χ1) is 20.8. The minimum Gasteiger partial charge on any atom is -0.363 e. The highest BCUT2D eigenvalue weighted by Crippen LogP contribution is 2.36. The number of carbonyl (C=O) groups is 2. The zero-order valence-electron chi connectivity index (χ0n) is 25.2. The molecule has 6 rings (SSSR count). The van der Waals surface area contributed by atoms with E-state index in [4.69, 9.17) is 12.2 Å². The van der Waals surface area contributed by atoms with Crippen molar-refractivity contribution in [1.29, 1.82) is 0 Å². The van der Waals surface area contributed by atoms with Crippen LogP contribution in [0, 0.1) is 6.92 Å². The number of nitrogens with one attached hydrogen (secondary N) is 2. The van der Waals surface area contributed by atoms with Gasteiger partial charge in [-0.2, -0.15) is 5.10 Å². The van der Waals surface area contributed by atoms with Gasteiger partial charge in [0.25, 0.3) is 5.91 Å². The number of aryl methyl sites for hydroxylation is 2. The van der Waals surface area contributed by atoms with Crippen LogP contribution in [0.4, 0.5) is 22.0 Å².